The van der Waals surface area contributed by atoms with Crippen molar-refractivity contribution in [3.8, 4) is 11.6 Å². The van der Waals surface area contributed by atoms with E-state index in [0.717, 1.165) is 6.07 Å². The first-order chi connectivity index (χ1) is 13.3. The van der Waals surface area contributed by atoms with Crippen LogP contribution in [0.3, 0.4) is 0 Å². The van der Waals surface area contributed by atoms with Crippen molar-refractivity contribution in [1.29, 1.82) is 0 Å². The molecular weight excluding hydrogens is 387 g/mol. The Morgan fingerprint density at radius 2 is 2.11 bits per heavy atom. The van der Waals surface area contributed by atoms with Crippen LogP contribution in [0.25, 0.3) is 0 Å². The summed E-state index contributed by atoms with van der Waals surface area (Å²) in [7, 11) is -0.144. The molecule has 0 spiro atoms. The van der Waals surface area contributed by atoms with Gasteiger partial charge in [0.05, 0.1) is 30.4 Å². The number of sulfonamides is 1. The summed E-state index contributed by atoms with van der Waals surface area (Å²) in [6.45, 7) is 2.47. The zero-order chi connectivity index (χ0) is 20.3. The molecule has 0 N–H and O–H groups in total. The molecule has 1 aliphatic rings. The van der Waals surface area contributed by atoms with E-state index in [9.17, 15) is 12.8 Å². The molecule has 1 aliphatic heterocycles. The van der Waals surface area contributed by atoms with Crippen LogP contribution in [-0.4, -0.2) is 62.6 Å². The van der Waals surface area contributed by atoms with Crippen molar-refractivity contribution >= 4 is 15.8 Å². The van der Waals surface area contributed by atoms with E-state index in [-0.39, 0.29) is 29.8 Å². The van der Waals surface area contributed by atoms with Crippen molar-refractivity contribution in [2.45, 2.75) is 24.3 Å². The molecule has 0 aliphatic carbocycles. The van der Waals surface area contributed by atoms with Gasteiger partial charge in [0.15, 0.2) is 17.4 Å². The lowest BCUT2D eigenvalue weighted by molar-refractivity contribution is 0.206. The van der Waals surface area contributed by atoms with E-state index in [1.807, 2.05) is 14.1 Å². The molecule has 0 amide bonds. The number of aromatic nitrogens is 2. The van der Waals surface area contributed by atoms with Gasteiger partial charge in [0, 0.05) is 20.6 Å². The van der Waals surface area contributed by atoms with Gasteiger partial charge in [-0.25, -0.2) is 12.8 Å². The summed E-state index contributed by atoms with van der Waals surface area (Å²) >= 11 is 0. The number of ether oxygens (including phenoxy) is 2. The zero-order valence-electron chi connectivity index (χ0n) is 16.0. The third kappa shape index (κ3) is 4.33. The number of anilines is 1. The number of rotatable bonds is 7. The highest BCUT2D eigenvalue weighted by Gasteiger charge is 2.34. The van der Waals surface area contributed by atoms with Gasteiger partial charge in [-0.05, 0) is 31.5 Å². The SMILES string of the molecule is CCOc1ccc(S(=O)(=O)N2CCC(Oc3cncc(N(C)C)n3)C2)cc1F. The fraction of sp³-hybridized carbons (Fsp3) is 0.444. The summed E-state index contributed by atoms with van der Waals surface area (Å²) < 4.78 is 51.9. The largest absolute Gasteiger partial charge is 0.491 e. The van der Waals surface area contributed by atoms with Crippen molar-refractivity contribution in [3.05, 3.63) is 36.4 Å². The van der Waals surface area contributed by atoms with E-state index in [1.165, 1.54) is 22.6 Å². The van der Waals surface area contributed by atoms with E-state index in [4.69, 9.17) is 9.47 Å². The van der Waals surface area contributed by atoms with E-state index in [0.29, 0.717) is 24.7 Å². The number of hydrogen-bond donors (Lipinski definition) is 0. The second kappa shape index (κ2) is 8.27. The maximum atomic E-state index is 14.1. The molecule has 0 saturated carbocycles. The van der Waals surface area contributed by atoms with Crippen LogP contribution in [0, 0.1) is 5.82 Å². The third-order valence-electron chi connectivity index (χ3n) is 4.29. The van der Waals surface area contributed by atoms with Crippen LogP contribution >= 0.6 is 0 Å². The molecule has 3 rings (SSSR count). The fourth-order valence-corrected chi connectivity index (χ4v) is 4.36. The lowest BCUT2D eigenvalue weighted by Crippen LogP contribution is -2.31. The first-order valence-electron chi connectivity index (χ1n) is 8.89. The van der Waals surface area contributed by atoms with Crippen molar-refractivity contribution in [1.82, 2.24) is 14.3 Å². The Kier molecular flexibility index (Phi) is 5.99. The molecule has 0 bridgehead atoms. The van der Waals surface area contributed by atoms with Crippen molar-refractivity contribution in [2.24, 2.45) is 0 Å². The molecule has 10 heteroatoms. The summed E-state index contributed by atoms with van der Waals surface area (Å²) in [6.07, 6.45) is 3.26. The van der Waals surface area contributed by atoms with Crippen molar-refractivity contribution in [2.75, 3.05) is 38.7 Å². The van der Waals surface area contributed by atoms with Gasteiger partial charge in [-0.3, -0.25) is 4.98 Å². The Labute approximate surface area is 164 Å². The maximum Gasteiger partial charge on any atom is 0.243 e. The van der Waals surface area contributed by atoms with E-state index < -0.39 is 15.8 Å². The quantitative estimate of drug-likeness (QED) is 0.689. The summed E-state index contributed by atoms with van der Waals surface area (Å²) in [4.78, 5) is 10.1. The minimum atomic E-state index is -3.83. The molecule has 8 nitrogen and oxygen atoms in total. The Hall–Kier alpha value is -2.46. The standard InChI is InChI=1S/C18H23FN4O4S/c1-4-26-16-6-5-14(9-15(16)19)28(24,25)23-8-7-13(12-23)27-18-11-20-10-17(21-18)22(2)3/h5-6,9-11,13H,4,7-8,12H2,1-3H3. The first kappa shape index (κ1) is 20.3. The van der Waals surface area contributed by atoms with Crippen LogP contribution in [0.15, 0.2) is 35.5 Å². The lowest BCUT2D eigenvalue weighted by Gasteiger charge is -2.18. The van der Waals surface area contributed by atoms with Gasteiger partial charge in [0.2, 0.25) is 15.9 Å². The predicted molar refractivity (Wildman–Crippen MR) is 102 cm³/mol. The van der Waals surface area contributed by atoms with Crippen molar-refractivity contribution in [3.63, 3.8) is 0 Å². The van der Waals surface area contributed by atoms with E-state index in [1.54, 1.807) is 18.0 Å². The van der Waals surface area contributed by atoms with E-state index in [2.05, 4.69) is 9.97 Å². The molecule has 2 heterocycles. The monoisotopic (exact) mass is 410 g/mol. The summed E-state index contributed by atoms with van der Waals surface area (Å²) in [5, 5.41) is 0. The van der Waals surface area contributed by atoms with Crippen LogP contribution in [-0.2, 0) is 10.0 Å². The molecule has 1 aromatic heterocycles. The molecule has 1 aromatic carbocycles. The van der Waals surface area contributed by atoms with Gasteiger partial charge in [0.25, 0.3) is 0 Å². The van der Waals surface area contributed by atoms with Gasteiger partial charge in [-0.15, -0.1) is 0 Å². The Balaban J connectivity index is 1.70. The van der Waals surface area contributed by atoms with Crippen LogP contribution in [0.2, 0.25) is 0 Å². The molecule has 0 radical (unpaired) electrons. The number of benzene rings is 1. The fourth-order valence-electron chi connectivity index (χ4n) is 2.86. The van der Waals surface area contributed by atoms with Gasteiger partial charge >= 0.3 is 0 Å². The molecule has 1 atom stereocenters. The van der Waals surface area contributed by atoms with Crippen LogP contribution in [0.1, 0.15) is 13.3 Å². The molecule has 2 aromatic rings. The molecular formula is C18H23FN4O4S. The summed E-state index contributed by atoms with van der Waals surface area (Å²) in [5.74, 6) is 0.307. The van der Waals surface area contributed by atoms with Crippen molar-refractivity contribution < 1.29 is 22.3 Å². The van der Waals surface area contributed by atoms with Crippen LogP contribution < -0.4 is 14.4 Å². The zero-order valence-corrected chi connectivity index (χ0v) is 16.8. The molecule has 152 valence electrons. The highest BCUT2D eigenvalue weighted by molar-refractivity contribution is 7.89. The second-order valence-corrected chi connectivity index (χ2v) is 8.46. The highest BCUT2D eigenvalue weighted by Crippen LogP contribution is 2.27. The molecule has 1 saturated heterocycles. The Bertz CT molecular complexity index is 939. The predicted octanol–water partition coefficient (Wildman–Crippen LogP) is 1.92. The minimum Gasteiger partial charge on any atom is -0.491 e. The Morgan fingerprint density at radius 3 is 2.79 bits per heavy atom. The van der Waals surface area contributed by atoms with Gasteiger partial charge < -0.3 is 14.4 Å². The smallest absolute Gasteiger partial charge is 0.243 e. The molecule has 1 unspecified atom stereocenters. The second-order valence-electron chi connectivity index (χ2n) is 6.53. The van der Waals surface area contributed by atoms with Crippen LogP contribution in [0.5, 0.6) is 11.6 Å². The van der Waals surface area contributed by atoms with E-state index >= 15 is 0 Å². The average molecular weight is 410 g/mol. The third-order valence-corrected chi connectivity index (χ3v) is 6.16. The highest BCUT2D eigenvalue weighted by atomic mass is 32.2. The lowest BCUT2D eigenvalue weighted by atomic mass is 10.3. The number of nitrogens with zero attached hydrogens (tertiary/aromatic N) is 4. The van der Waals surface area contributed by atoms with Crippen LogP contribution in [0.4, 0.5) is 10.2 Å². The summed E-state index contributed by atoms with van der Waals surface area (Å²) in [5.41, 5.74) is 0. The number of halogens is 1. The minimum absolute atomic E-state index is 0.0310. The van der Waals surface area contributed by atoms with Gasteiger partial charge in [-0.1, -0.05) is 0 Å². The maximum absolute atomic E-state index is 14.1. The number of hydrogen-bond acceptors (Lipinski definition) is 7. The average Bonchev–Trinajstić information content (AvgIpc) is 3.13. The molecule has 1 fully saturated rings. The first-order valence-corrected chi connectivity index (χ1v) is 10.3. The Morgan fingerprint density at radius 1 is 1.32 bits per heavy atom. The van der Waals surface area contributed by atoms with Gasteiger partial charge in [0.1, 0.15) is 6.10 Å². The summed E-state index contributed by atoms with van der Waals surface area (Å²) in [6, 6.07) is 3.67. The van der Waals surface area contributed by atoms with Gasteiger partial charge in [-0.2, -0.15) is 9.29 Å². The topological polar surface area (TPSA) is 84.9 Å². The normalized spacial score (nSPS) is 17.5. The molecule has 28 heavy (non-hydrogen) atoms.